The zero-order valence-corrected chi connectivity index (χ0v) is 16.9. The number of amides is 1. The van der Waals surface area contributed by atoms with Gasteiger partial charge in [0.05, 0.1) is 15.9 Å². The SMILES string of the molecule is O=C(CCc1nc2ccccc2[nH]1)NCCCCCc1nc(-c2cccs2)no1. The van der Waals surface area contributed by atoms with Crippen LogP contribution in [0.3, 0.4) is 0 Å². The maximum absolute atomic E-state index is 12.0. The Morgan fingerprint density at radius 2 is 2.00 bits per heavy atom. The number of nitrogens with zero attached hydrogens (tertiary/aromatic N) is 3. The van der Waals surface area contributed by atoms with Gasteiger partial charge in [0, 0.05) is 25.8 Å². The predicted molar refractivity (Wildman–Crippen MR) is 113 cm³/mol. The lowest BCUT2D eigenvalue weighted by molar-refractivity contribution is -0.121. The van der Waals surface area contributed by atoms with Gasteiger partial charge in [0.1, 0.15) is 5.82 Å². The molecule has 2 N–H and O–H groups in total. The summed E-state index contributed by atoms with van der Waals surface area (Å²) in [5.74, 6) is 2.24. The first-order chi connectivity index (χ1) is 14.3. The van der Waals surface area contributed by atoms with Crippen molar-refractivity contribution < 1.29 is 9.32 Å². The van der Waals surface area contributed by atoms with Crippen LogP contribution in [-0.4, -0.2) is 32.6 Å². The third-order valence-electron chi connectivity index (χ3n) is 4.63. The fraction of sp³-hybridized carbons (Fsp3) is 0.333. The van der Waals surface area contributed by atoms with E-state index in [1.807, 2.05) is 41.8 Å². The number of aromatic nitrogens is 4. The standard InChI is InChI=1S/C21H23N5O2S/c27-19(12-11-18-23-15-7-3-4-8-16(15)24-18)22-13-5-1-2-10-20-25-21(26-28-20)17-9-6-14-29-17/h3-4,6-9,14H,1-2,5,10-13H2,(H,22,27)(H,23,24). The molecule has 0 fully saturated rings. The molecule has 0 aliphatic rings. The Labute approximate surface area is 172 Å². The lowest BCUT2D eigenvalue weighted by atomic mass is 10.2. The fourth-order valence-electron chi connectivity index (χ4n) is 3.11. The van der Waals surface area contributed by atoms with E-state index in [0.717, 1.165) is 47.4 Å². The molecule has 0 unspecified atom stereocenters. The Bertz CT molecular complexity index is 1020. The van der Waals surface area contributed by atoms with E-state index in [2.05, 4.69) is 25.4 Å². The number of benzene rings is 1. The van der Waals surface area contributed by atoms with Crippen molar-refractivity contribution in [2.24, 2.45) is 0 Å². The highest BCUT2D eigenvalue weighted by Crippen LogP contribution is 2.21. The van der Waals surface area contributed by atoms with E-state index in [-0.39, 0.29) is 5.91 Å². The molecule has 3 heterocycles. The summed E-state index contributed by atoms with van der Waals surface area (Å²) in [5, 5.41) is 8.99. The third kappa shape index (κ3) is 5.29. The number of carbonyl (C=O) groups is 1. The van der Waals surface area contributed by atoms with Crippen LogP contribution in [0.25, 0.3) is 21.7 Å². The topological polar surface area (TPSA) is 96.7 Å². The number of carbonyl (C=O) groups excluding carboxylic acids is 1. The first-order valence-corrected chi connectivity index (χ1v) is 10.7. The molecule has 0 aliphatic carbocycles. The summed E-state index contributed by atoms with van der Waals surface area (Å²) in [5.41, 5.74) is 1.94. The highest BCUT2D eigenvalue weighted by molar-refractivity contribution is 7.13. The van der Waals surface area contributed by atoms with Gasteiger partial charge in [-0.25, -0.2) is 4.98 Å². The molecule has 0 saturated heterocycles. The van der Waals surface area contributed by atoms with Crippen LogP contribution in [0, 0.1) is 0 Å². The van der Waals surface area contributed by atoms with Crippen molar-refractivity contribution in [3.63, 3.8) is 0 Å². The van der Waals surface area contributed by atoms with Crippen LogP contribution in [0.1, 0.15) is 37.4 Å². The molecule has 7 nitrogen and oxygen atoms in total. The minimum absolute atomic E-state index is 0.0583. The van der Waals surface area contributed by atoms with Crippen molar-refractivity contribution >= 4 is 28.3 Å². The predicted octanol–water partition coefficient (Wildman–Crippen LogP) is 4.14. The molecule has 8 heteroatoms. The van der Waals surface area contributed by atoms with Gasteiger partial charge in [-0.3, -0.25) is 4.79 Å². The third-order valence-corrected chi connectivity index (χ3v) is 5.49. The van der Waals surface area contributed by atoms with Gasteiger partial charge >= 0.3 is 0 Å². The van der Waals surface area contributed by atoms with E-state index in [9.17, 15) is 4.79 Å². The smallest absolute Gasteiger partial charge is 0.226 e. The second-order valence-corrected chi connectivity index (χ2v) is 7.80. The number of aryl methyl sites for hydroxylation is 2. The van der Waals surface area contributed by atoms with Crippen LogP contribution in [0.15, 0.2) is 46.3 Å². The molecule has 1 amide bonds. The number of unbranched alkanes of at least 4 members (excludes halogenated alkanes) is 2. The van der Waals surface area contributed by atoms with Gasteiger partial charge in [-0.1, -0.05) is 29.8 Å². The Morgan fingerprint density at radius 3 is 2.86 bits per heavy atom. The quantitative estimate of drug-likeness (QED) is 0.384. The van der Waals surface area contributed by atoms with Gasteiger partial charge in [-0.15, -0.1) is 11.3 Å². The molecule has 0 saturated carbocycles. The molecular weight excluding hydrogens is 386 g/mol. The van der Waals surface area contributed by atoms with E-state index in [0.29, 0.717) is 31.1 Å². The molecule has 1 aromatic carbocycles. The lowest BCUT2D eigenvalue weighted by Gasteiger charge is -2.04. The second kappa shape index (κ2) is 9.47. The first-order valence-electron chi connectivity index (χ1n) is 9.85. The van der Waals surface area contributed by atoms with Crippen LogP contribution >= 0.6 is 11.3 Å². The molecule has 0 atom stereocenters. The zero-order chi connectivity index (χ0) is 19.9. The average molecular weight is 410 g/mol. The number of rotatable bonds is 10. The highest BCUT2D eigenvalue weighted by atomic mass is 32.1. The molecule has 0 bridgehead atoms. The van der Waals surface area contributed by atoms with Crippen LogP contribution < -0.4 is 5.32 Å². The number of hydrogen-bond donors (Lipinski definition) is 2. The molecular formula is C21H23N5O2S. The molecule has 0 radical (unpaired) electrons. The number of imidazole rings is 1. The average Bonchev–Trinajstić information content (AvgIpc) is 3.48. The number of hydrogen-bond acceptors (Lipinski definition) is 6. The van der Waals surface area contributed by atoms with E-state index < -0.39 is 0 Å². The van der Waals surface area contributed by atoms with E-state index in [1.165, 1.54) is 0 Å². The lowest BCUT2D eigenvalue weighted by Crippen LogP contribution is -2.24. The van der Waals surface area contributed by atoms with E-state index in [1.54, 1.807) is 11.3 Å². The molecule has 3 aromatic heterocycles. The van der Waals surface area contributed by atoms with Crippen LogP contribution in [0.5, 0.6) is 0 Å². The Balaban J connectivity index is 1.09. The van der Waals surface area contributed by atoms with Crippen molar-refractivity contribution in [1.82, 2.24) is 25.4 Å². The molecule has 29 heavy (non-hydrogen) atoms. The van der Waals surface area contributed by atoms with Crippen LogP contribution in [0.2, 0.25) is 0 Å². The van der Waals surface area contributed by atoms with Crippen molar-refractivity contribution in [3.8, 4) is 10.7 Å². The summed E-state index contributed by atoms with van der Waals surface area (Å²) in [6, 6.07) is 11.8. The Morgan fingerprint density at radius 1 is 1.07 bits per heavy atom. The van der Waals surface area contributed by atoms with Gasteiger partial charge in [-0.2, -0.15) is 4.98 Å². The summed E-state index contributed by atoms with van der Waals surface area (Å²) < 4.78 is 5.30. The van der Waals surface area contributed by atoms with Gasteiger partial charge in [0.15, 0.2) is 0 Å². The number of thiophene rings is 1. The summed E-state index contributed by atoms with van der Waals surface area (Å²) in [4.78, 5) is 25.2. The Hall–Kier alpha value is -3.00. The largest absolute Gasteiger partial charge is 0.356 e. The normalized spacial score (nSPS) is 11.2. The monoisotopic (exact) mass is 409 g/mol. The van der Waals surface area contributed by atoms with Crippen LogP contribution in [0.4, 0.5) is 0 Å². The van der Waals surface area contributed by atoms with Crippen molar-refractivity contribution in [3.05, 3.63) is 53.5 Å². The van der Waals surface area contributed by atoms with Gasteiger partial charge in [-0.05, 0) is 36.4 Å². The first kappa shape index (κ1) is 19.3. The van der Waals surface area contributed by atoms with Crippen LogP contribution in [-0.2, 0) is 17.6 Å². The van der Waals surface area contributed by atoms with E-state index >= 15 is 0 Å². The summed E-state index contributed by atoms with van der Waals surface area (Å²) in [6.45, 7) is 0.684. The number of para-hydroxylation sites is 2. The van der Waals surface area contributed by atoms with E-state index in [4.69, 9.17) is 4.52 Å². The van der Waals surface area contributed by atoms with Crippen molar-refractivity contribution in [2.75, 3.05) is 6.54 Å². The van der Waals surface area contributed by atoms with Gasteiger partial charge in [0.25, 0.3) is 0 Å². The number of fused-ring (bicyclic) bond motifs is 1. The number of H-pyrrole nitrogens is 1. The molecule has 0 aliphatic heterocycles. The molecule has 4 rings (SSSR count). The molecule has 150 valence electrons. The Kier molecular flexibility index (Phi) is 6.31. The fourth-order valence-corrected chi connectivity index (χ4v) is 3.76. The minimum Gasteiger partial charge on any atom is -0.356 e. The summed E-state index contributed by atoms with van der Waals surface area (Å²) in [6.07, 6.45) is 4.71. The molecule has 0 spiro atoms. The van der Waals surface area contributed by atoms with Gasteiger partial charge in [0.2, 0.25) is 17.6 Å². The highest BCUT2D eigenvalue weighted by Gasteiger charge is 2.09. The summed E-state index contributed by atoms with van der Waals surface area (Å²) >= 11 is 1.60. The number of aromatic amines is 1. The molecule has 4 aromatic rings. The minimum atomic E-state index is 0.0583. The maximum atomic E-state index is 12.0. The maximum Gasteiger partial charge on any atom is 0.226 e. The van der Waals surface area contributed by atoms with Gasteiger partial charge < -0.3 is 14.8 Å². The summed E-state index contributed by atoms with van der Waals surface area (Å²) in [7, 11) is 0. The van der Waals surface area contributed by atoms with Crippen molar-refractivity contribution in [1.29, 1.82) is 0 Å². The number of nitrogens with one attached hydrogen (secondary N) is 2. The zero-order valence-electron chi connectivity index (χ0n) is 16.1. The van der Waals surface area contributed by atoms with Crippen molar-refractivity contribution in [2.45, 2.75) is 38.5 Å². The second-order valence-electron chi connectivity index (χ2n) is 6.85.